The van der Waals surface area contributed by atoms with Gasteiger partial charge in [0.1, 0.15) is 5.75 Å². The molecule has 2 heterocycles. The molecule has 2 N–H and O–H groups in total. The second-order valence-corrected chi connectivity index (χ2v) is 7.42. The first-order valence-electron chi connectivity index (χ1n) is 9.95. The highest BCUT2D eigenvalue weighted by Crippen LogP contribution is 2.42. The van der Waals surface area contributed by atoms with E-state index in [9.17, 15) is 19.8 Å². The molecule has 150 valence electrons. The van der Waals surface area contributed by atoms with Gasteiger partial charge >= 0.3 is 0 Å². The third-order valence-corrected chi connectivity index (χ3v) is 5.61. The van der Waals surface area contributed by atoms with Crippen LogP contribution >= 0.6 is 0 Å². The molecule has 1 unspecified atom stereocenters. The molecule has 2 aromatic rings. The van der Waals surface area contributed by atoms with Crippen LogP contribution in [0.5, 0.6) is 5.75 Å². The van der Waals surface area contributed by atoms with E-state index < -0.39 is 17.7 Å². The van der Waals surface area contributed by atoms with Gasteiger partial charge in [-0.2, -0.15) is 0 Å². The van der Waals surface area contributed by atoms with Crippen molar-refractivity contribution in [3.8, 4) is 5.75 Å². The molecule has 0 bridgehead atoms. The molecular formula is C23H24N2O4. The Morgan fingerprint density at radius 2 is 1.69 bits per heavy atom. The van der Waals surface area contributed by atoms with Crippen LogP contribution in [-0.2, 0) is 9.59 Å². The Bertz CT molecular complexity index is 975. The molecule has 0 spiro atoms. The van der Waals surface area contributed by atoms with Gasteiger partial charge in [0.2, 0.25) is 0 Å². The molecular weight excluding hydrogens is 368 g/mol. The second-order valence-electron chi connectivity index (χ2n) is 7.42. The highest BCUT2D eigenvalue weighted by molar-refractivity contribution is 6.16. The zero-order valence-electron chi connectivity index (χ0n) is 16.3. The molecule has 0 saturated carbocycles. The van der Waals surface area contributed by atoms with Crippen molar-refractivity contribution in [2.75, 3.05) is 22.9 Å². The summed E-state index contributed by atoms with van der Waals surface area (Å²) in [6, 6.07) is 13.3. The van der Waals surface area contributed by atoms with E-state index >= 15 is 0 Å². The zero-order chi connectivity index (χ0) is 20.5. The van der Waals surface area contributed by atoms with Crippen molar-refractivity contribution in [1.82, 2.24) is 0 Å². The Labute approximate surface area is 169 Å². The molecule has 6 heteroatoms. The first-order chi connectivity index (χ1) is 14.0. The van der Waals surface area contributed by atoms with Crippen LogP contribution in [0.2, 0.25) is 0 Å². The first-order valence-corrected chi connectivity index (χ1v) is 9.95. The van der Waals surface area contributed by atoms with Gasteiger partial charge in [0, 0.05) is 30.9 Å². The standard InChI is InChI=1S/C23H24N2O4/c1-2-19(27)20-21(15-6-5-7-18(26)14-15)25(23(29)22(20)28)17-10-8-16(9-11-17)24-12-3-4-13-24/h5-11,14,21,26,28H,2-4,12-13H2,1H3. The van der Waals surface area contributed by atoms with Gasteiger partial charge < -0.3 is 15.1 Å². The molecule has 4 rings (SSSR count). The van der Waals surface area contributed by atoms with E-state index in [0.29, 0.717) is 11.3 Å². The average Bonchev–Trinajstić information content (AvgIpc) is 3.35. The summed E-state index contributed by atoms with van der Waals surface area (Å²) in [7, 11) is 0. The lowest BCUT2D eigenvalue weighted by Gasteiger charge is -2.27. The Morgan fingerprint density at radius 1 is 1.03 bits per heavy atom. The number of ketones is 1. The fourth-order valence-electron chi connectivity index (χ4n) is 4.16. The van der Waals surface area contributed by atoms with Crippen molar-refractivity contribution in [1.29, 1.82) is 0 Å². The van der Waals surface area contributed by atoms with Crippen LogP contribution in [0.1, 0.15) is 37.8 Å². The van der Waals surface area contributed by atoms with Crippen molar-refractivity contribution in [3.63, 3.8) is 0 Å². The smallest absolute Gasteiger partial charge is 0.294 e. The number of carbonyl (C=O) groups excluding carboxylic acids is 2. The van der Waals surface area contributed by atoms with Gasteiger partial charge in [0.05, 0.1) is 11.6 Å². The summed E-state index contributed by atoms with van der Waals surface area (Å²) in [5.74, 6) is -1.38. The van der Waals surface area contributed by atoms with Gasteiger partial charge in [0.25, 0.3) is 5.91 Å². The molecule has 1 atom stereocenters. The maximum Gasteiger partial charge on any atom is 0.294 e. The fourth-order valence-corrected chi connectivity index (χ4v) is 4.16. The SMILES string of the molecule is CCC(=O)C1=C(O)C(=O)N(c2ccc(N3CCCC3)cc2)C1c1cccc(O)c1. The lowest BCUT2D eigenvalue weighted by molar-refractivity contribution is -0.118. The van der Waals surface area contributed by atoms with Crippen LogP contribution < -0.4 is 9.80 Å². The number of rotatable bonds is 5. The molecule has 6 nitrogen and oxygen atoms in total. The normalized spacial score (nSPS) is 19.3. The van der Waals surface area contributed by atoms with Crippen LogP contribution in [0.4, 0.5) is 11.4 Å². The fraction of sp³-hybridized carbons (Fsp3) is 0.304. The van der Waals surface area contributed by atoms with Gasteiger partial charge in [-0.3, -0.25) is 14.5 Å². The van der Waals surface area contributed by atoms with E-state index in [1.165, 1.54) is 29.9 Å². The summed E-state index contributed by atoms with van der Waals surface area (Å²) >= 11 is 0. The summed E-state index contributed by atoms with van der Waals surface area (Å²) in [5, 5.41) is 20.4. The summed E-state index contributed by atoms with van der Waals surface area (Å²) < 4.78 is 0. The van der Waals surface area contributed by atoms with Crippen molar-refractivity contribution >= 4 is 23.1 Å². The number of aliphatic hydroxyl groups is 1. The van der Waals surface area contributed by atoms with Crippen molar-refractivity contribution in [3.05, 3.63) is 65.4 Å². The molecule has 0 radical (unpaired) electrons. The molecule has 2 aromatic carbocycles. The summed E-state index contributed by atoms with van der Waals surface area (Å²) in [5.41, 5.74) is 2.33. The number of hydrogen-bond acceptors (Lipinski definition) is 5. The zero-order valence-corrected chi connectivity index (χ0v) is 16.3. The van der Waals surface area contributed by atoms with Gasteiger partial charge in [-0.15, -0.1) is 0 Å². The highest BCUT2D eigenvalue weighted by atomic mass is 16.3. The Kier molecular flexibility index (Phi) is 5.01. The molecule has 0 aliphatic carbocycles. The van der Waals surface area contributed by atoms with Crippen LogP contribution in [0.15, 0.2) is 59.9 Å². The predicted octanol–water partition coefficient (Wildman–Crippen LogP) is 3.87. The van der Waals surface area contributed by atoms with Gasteiger partial charge in [-0.25, -0.2) is 0 Å². The third-order valence-electron chi connectivity index (χ3n) is 5.61. The van der Waals surface area contributed by atoms with Crippen molar-refractivity contribution in [2.45, 2.75) is 32.2 Å². The van der Waals surface area contributed by atoms with E-state index in [4.69, 9.17) is 0 Å². The number of aliphatic hydroxyl groups excluding tert-OH is 1. The molecule has 2 aliphatic rings. The Balaban J connectivity index is 1.76. The van der Waals surface area contributed by atoms with E-state index in [2.05, 4.69) is 4.90 Å². The number of phenolic OH excluding ortho intramolecular Hbond substituents is 1. The van der Waals surface area contributed by atoms with Crippen LogP contribution in [0, 0.1) is 0 Å². The minimum Gasteiger partial charge on any atom is -0.508 e. The maximum atomic E-state index is 12.9. The van der Waals surface area contributed by atoms with Crippen molar-refractivity contribution in [2.24, 2.45) is 0 Å². The van der Waals surface area contributed by atoms with Crippen LogP contribution in [0.25, 0.3) is 0 Å². The largest absolute Gasteiger partial charge is 0.508 e. The minimum atomic E-state index is -0.778. The quantitative estimate of drug-likeness (QED) is 0.807. The molecule has 29 heavy (non-hydrogen) atoms. The molecule has 1 amide bonds. The summed E-state index contributed by atoms with van der Waals surface area (Å²) in [6.07, 6.45) is 2.52. The lowest BCUT2D eigenvalue weighted by atomic mass is 9.94. The third kappa shape index (κ3) is 3.35. The number of phenols is 1. The number of hydrogen-bond donors (Lipinski definition) is 2. The monoisotopic (exact) mass is 392 g/mol. The maximum absolute atomic E-state index is 12.9. The van der Waals surface area contributed by atoms with Gasteiger partial charge in [-0.1, -0.05) is 19.1 Å². The Morgan fingerprint density at radius 3 is 2.31 bits per heavy atom. The summed E-state index contributed by atoms with van der Waals surface area (Å²) in [6.45, 7) is 3.73. The number of benzene rings is 2. The number of carbonyl (C=O) groups is 2. The second kappa shape index (κ2) is 7.62. The number of anilines is 2. The topological polar surface area (TPSA) is 81.1 Å². The Hall–Kier alpha value is -3.28. The number of amides is 1. The first kappa shape index (κ1) is 19.1. The highest BCUT2D eigenvalue weighted by Gasteiger charge is 2.43. The number of Topliss-reactive ketones (excluding diaryl/α,β-unsaturated/α-hetero) is 1. The number of nitrogens with zero attached hydrogens (tertiary/aromatic N) is 2. The van der Waals surface area contributed by atoms with E-state index in [1.54, 1.807) is 19.1 Å². The van der Waals surface area contributed by atoms with E-state index in [-0.39, 0.29) is 23.5 Å². The van der Waals surface area contributed by atoms with Gasteiger partial charge in [-0.05, 0) is 54.8 Å². The van der Waals surface area contributed by atoms with Gasteiger partial charge in [0.15, 0.2) is 11.5 Å². The molecule has 0 aromatic heterocycles. The summed E-state index contributed by atoms with van der Waals surface area (Å²) in [4.78, 5) is 29.2. The average molecular weight is 392 g/mol. The molecule has 1 fully saturated rings. The van der Waals surface area contributed by atoms with E-state index in [0.717, 1.165) is 18.8 Å². The van der Waals surface area contributed by atoms with Crippen molar-refractivity contribution < 1.29 is 19.8 Å². The lowest BCUT2D eigenvalue weighted by Crippen LogP contribution is -2.31. The van der Waals surface area contributed by atoms with E-state index in [1.807, 2.05) is 24.3 Å². The van der Waals surface area contributed by atoms with Crippen LogP contribution in [0.3, 0.4) is 0 Å². The predicted molar refractivity (Wildman–Crippen MR) is 111 cm³/mol. The molecule has 1 saturated heterocycles. The minimum absolute atomic E-state index is 0.0361. The van der Waals surface area contributed by atoms with Crippen LogP contribution in [-0.4, -0.2) is 35.0 Å². The number of aromatic hydroxyl groups is 1. The molecule has 2 aliphatic heterocycles.